The summed E-state index contributed by atoms with van der Waals surface area (Å²) in [4.78, 5) is 15.7. The van der Waals surface area contributed by atoms with Crippen LogP contribution in [-0.4, -0.2) is 31.5 Å². The van der Waals surface area contributed by atoms with E-state index in [0.717, 1.165) is 37.7 Å². The van der Waals surface area contributed by atoms with E-state index in [9.17, 15) is 4.79 Å². The van der Waals surface area contributed by atoms with E-state index in [1.807, 2.05) is 24.3 Å². The van der Waals surface area contributed by atoms with Gasteiger partial charge in [0.05, 0.1) is 0 Å². The van der Waals surface area contributed by atoms with Crippen molar-refractivity contribution in [3.05, 3.63) is 52.2 Å². The van der Waals surface area contributed by atoms with Crippen LogP contribution in [0.4, 0.5) is 5.69 Å². The molecule has 0 fully saturated rings. The number of benzene rings is 1. The number of thiophene rings is 1. The van der Waals surface area contributed by atoms with Crippen LogP contribution in [0.3, 0.4) is 0 Å². The predicted molar refractivity (Wildman–Crippen MR) is 127 cm³/mol. The van der Waals surface area contributed by atoms with E-state index < -0.39 is 0 Å². The van der Waals surface area contributed by atoms with Crippen molar-refractivity contribution in [3.8, 4) is 0 Å². The lowest BCUT2D eigenvalue weighted by Gasteiger charge is -2.13. The van der Waals surface area contributed by atoms with Gasteiger partial charge in [-0.1, -0.05) is 19.1 Å². The quantitative estimate of drug-likeness (QED) is 0.289. The molecule has 5 nitrogen and oxygen atoms in total. The highest BCUT2D eigenvalue weighted by Gasteiger charge is 2.06. The Hall–Kier alpha value is -1.61. The third-order valence-corrected chi connectivity index (χ3v) is 4.66. The summed E-state index contributed by atoms with van der Waals surface area (Å²) in [5.74, 6) is 1.21. The zero-order chi connectivity index (χ0) is 18.8. The van der Waals surface area contributed by atoms with Crippen LogP contribution in [0.2, 0.25) is 0 Å². The summed E-state index contributed by atoms with van der Waals surface area (Å²) in [6.45, 7) is 8.18. The number of anilines is 1. The van der Waals surface area contributed by atoms with Crippen LogP contribution < -0.4 is 16.0 Å². The number of hydrogen-bond acceptors (Lipinski definition) is 3. The Morgan fingerprint density at radius 3 is 2.52 bits per heavy atom. The maximum Gasteiger partial charge on any atom is 0.221 e. The minimum Gasteiger partial charge on any atom is -0.357 e. The van der Waals surface area contributed by atoms with Gasteiger partial charge in [0.2, 0.25) is 5.91 Å². The summed E-state index contributed by atoms with van der Waals surface area (Å²) in [6, 6.07) is 10.1. The molecule has 27 heavy (non-hydrogen) atoms. The van der Waals surface area contributed by atoms with E-state index in [-0.39, 0.29) is 29.9 Å². The van der Waals surface area contributed by atoms with E-state index in [2.05, 4.69) is 46.6 Å². The highest BCUT2D eigenvalue weighted by Crippen LogP contribution is 2.18. The van der Waals surface area contributed by atoms with E-state index in [1.54, 1.807) is 11.3 Å². The molecule has 0 bridgehead atoms. The number of guanidine groups is 1. The van der Waals surface area contributed by atoms with Crippen molar-refractivity contribution >= 4 is 52.9 Å². The number of nitrogens with zero attached hydrogens (tertiary/aromatic N) is 1. The molecule has 1 aromatic heterocycles. The van der Waals surface area contributed by atoms with Gasteiger partial charge in [-0.05, 0) is 53.4 Å². The highest BCUT2D eigenvalue weighted by atomic mass is 127. The third-order valence-electron chi connectivity index (χ3n) is 3.96. The van der Waals surface area contributed by atoms with E-state index in [4.69, 9.17) is 4.99 Å². The second kappa shape index (κ2) is 12.7. The van der Waals surface area contributed by atoms with E-state index in [1.165, 1.54) is 18.1 Å². The lowest BCUT2D eigenvalue weighted by atomic mass is 10.1. The number of halogens is 1. The van der Waals surface area contributed by atoms with Crippen LogP contribution in [0, 0.1) is 0 Å². The summed E-state index contributed by atoms with van der Waals surface area (Å²) in [6.07, 6.45) is 0.894. The molecule has 148 valence electrons. The second-order valence-corrected chi connectivity index (χ2v) is 7.01. The Kier molecular flexibility index (Phi) is 11.0. The van der Waals surface area contributed by atoms with Gasteiger partial charge in [0, 0.05) is 38.2 Å². The Labute approximate surface area is 183 Å². The van der Waals surface area contributed by atoms with Crippen LogP contribution in [-0.2, 0) is 11.2 Å². The van der Waals surface area contributed by atoms with Gasteiger partial charge in [-0.25, -0.2) is 0 Å². The van der Waals surface area contributed by atoms with Crippen molar-refractivity contribution < 1.29 is 4.79 Å². The van der Waals surface area contributed by atoms with Crippen molar-refractivity contribution in [3.63, 3.8) is 0 Å². The van der Waals surface area contributed by atoms with Crippen molar-refractivity contribution in [1.82, 2.24) is 10.6 Å². The molecule has 1 amide bonds. The molecule has 0 saturated heterocycles. The summed E-state index contributed by atoms with van der Waals surface area (Å²) in [7, 11) is 0. The molecule has 3 N–H and O–H groups in total. The fourth-order valence-electron chi connectivity index (χ4n) is 2.51. The van der Waals surface area contributed by atoms with Crippen molar-refractivity contribution in [1.29, 1.82) is 0 Å². The first-order valence-corrected chi connectivity index (χ1v) is 9.93. The number of aliphatic imine (C=N–C) groups is 1. The van der Waals surface area contributed by atoms with Gasteiger partial charge in [0.15, 0.2) is 5.96 Å². The molecule has 0 saturated carbocycles. The molecule has 7 heteroatoms. The van der Waals surface area contributed by atoms with Crippen LogP contribution in [0.15, 0.2) is 46.1 Å². The summed E-state index contributed by atoms with van der Waals surface area (Å²) in [5.41, 5.74) is 3.38. The first-order chi connectivity index (χ1) is 12.6. The maximum absolute atomic E-state index is 11.1. The fourth-order valence-corrected chi connectivity index (χ4v) is 3.30. The van der Waals surface area contributed by atoms with Gasteiger partial charge in [-0.2, -0.15) is 11.3 Å². The summed E-state index contributed by atoms with van der Waals surface area (Å²) < 4.78 is 0. The molecular weight excluding hydrogens is 471 g/mol. The molecule has 0 radical (unpaired) electrons. The normalized spacial score (nSPS) is 12.0. The zero-order valence-electron chi connectivity index (χ0n) is 16.1. The van der Waals surface area contributed by atoms with Crippen LogP contribution in [0.1, 0.15) is 37.8 Å². The highest BCUT2D eigenvalue weighted by molar-refractivity contribution is 14.0. The molecule has 0 spiro atoms. The van der Waals surface area contributed by atoms with Crippen LogP contribution in [0.5, 0.6) is 0 Å². The lowest BCUT2D eigenvalue weighted by molar-refractivity contribution is -0.114. The van der Waals surface area contributed by atoms with Crippen molar-refractivity contribution in [2.24, 2.45) is 4.99 Å². The standard InChI is InChI=1S/C20H28N4OS.HI/c1-4-21-20(23-13-15(2)18-10-12-26-14-18)22-11-9-17-5-7-19(8-6-17)24-16(3)25;/h5-8,10,12,14-15H,4,9,11,13H2,1-3H3,(H,24,25)(H2,21,22,23);1H. The largest absolute Gasteiger partial charge is 0.357 e. The molecule has 2 aromatic rings. The van der Waals surface area contributed by atoms with Gasteiger partial charge in [-0.15, -0.1) is 24.0 Å². The third kappa shape index (κ3) is 8.75. The SMILES string of the molecule is CCNC(=NCC(C)c1ccsc1)NCCc1ccc(NC(C)=O)cc1.I. The van der Waals surface area contributed by atoms with Gasteiger partial charge in [-0.3, -0.25) is 9.79 Å². The molecule has 1 heterocycles. The first-order valence-electron chi connectivity index (χ1n) is 8.99. The number of carbonyl (C=O) groups excluding carboxylic acids is 1. The summed E-state index contributed by atoms with van der Waals surface area (Å²) >= 11 is 1.73. The number of amides is 1. The summed E-state index contributed by atoms with van der Waals surface area (Å²) in [5, 5.41) is 13.8. The van der Waals surface area contributed by atoms with Gasteiger partial charge in [0.25, 0.3) is 0 Å². The Bertz CT molecular complexity index is 701. The predicted octanol–water partition coefficient (Wildman–Crippen LogP) is 4.23. The van der Waals surface area contributed by atoms with E-state index in [0.29, 0.717) is 5.92 Å². The smallest absolute Gasteiger partial charge is 0.221 e. The number of nitrogens with one attached hydrogen (secondary N) is 3. The van der Waals surface area contributed by atoms with Gasteiger partial charge in [0.1, 0.15) is 0 Å². The lowest BCUT2D eigenvalue weighted by Crippen LogP contribution is -2.38. The molecule has 1 atom stereocenters. The van der Waals surface area contributed by atoms with Gasteiger partial charge < -0.3 is 16.0 Å². The van der Waals surface area contributed by atoms with Gasteiger partial charge >= 0.3 is 0 Å². The topological polar surface area (TPSA) is 65.5 Å². The number of carbonyl (C=O) groups is 1. The van der Waals surface area contributed by atoms with Crippen molar-refractivity contribution in [2.75, 3.05) is 25.0 Å². The molecule has 0 aliphatic carbocycles. The minimum atomic E-state index is -0.0532. The molecule has 0 aliphatic rings. The van der Waals surface area contributed by atoms with Crippen LogP contribution >= 0.6 is 35.3 Å². The Morgan fingerprint density at radius 2 is 1.93 bits per heavy atom. The molecule has 1 unspecified atom stereocenters. The first kappa shape index (κ1) is 23.4. The minimum absolute atomic E-state index is 0. The number of hydrogen-bond donors (Lipinski definition) is 3. The van der Waals surface area contributed by atoms with Crippen LogP contribution in [0.25, 0.3) is 0 Å². The second-order valence-electron chi connectivity index (χ2n) is 6.23. The fraction of sp³-hybridized carbons (Fsp3) is 0.400. The molecule has 1 aromatic carbocycles. The Morgan fingerprint density at radius 1 is 1.19 bits per heavy atom. The zero-order valence-corrected chi connectivity index (χ0v) is 19.3. The number of rotatable bonds is 8. The molecular formula is C20H29IN4OS. The maximum atomic E-state index is 11.1. The average molecular weight is 500 g/mol. The molecule has 2 rings (SSSR count). The Balaban J connectivity index is 0.00000364. The van der Waals surface area contributed by atoms with E-state index >= 15 is 0 Å². The average Bonchev–Trinajstić information content (AvgIpc) is 3.15. The monoisotopic (exact) mass is 500 g/mol. The molecule has 0 aliphatic heterocycles. The van der Waals surface area contributed by atoms with Crippen molar-refractivity contribution in [2.45, 2.75) is 33.1 Å².